The number of aromatic nitrogens is 2. The molecule has 4 fully saturated rings. The summed E-state index contributed by atoms with van der Waals surface area (Å²) < 4.78 is 1.05. The molecule has 1 saturated heterocycles. The van der Waals surface area contributed by atoms with Crippen LogP contribution in [-0.4, -0.2) is 45.9 Å². The normalized spacial score (nSPS) is 33.4. The first-order valence-corrected chi connectivity index (χ1v) is 16.3. The predicted molar refractivity (Wildman–Crippen MR) is 160 cm³/mol. The fourth-order valence-corrected chi connectivity index (χ4v) is 9.75. The molecule has 1 aromatic carbocycles. The molecule has 7 atom stereocenters. The Morgan fingerprint density at radius 2 is 1.80 bits per heavy atom. The van der Waals surface area contributed by atoms with Gasteiger partial charge in [-0.25, -0.2) is 9.97 Å². The summed E-state index contributed by atoms with van der Waals surface area (Å²) in [5.41, 5.74) is 9.50. The van der Waals surface area contributed by atoms with E-state index in [0.29, 0.717) is 18.3 Å². The number of nitrogens with one attached hydrogen (secondary N) is 1. The molecule has 3 saturated carbocycles. The number of fused-ring (bicyclic) bond motifs is 5. The van der Waals surface area contributed by atoms with Crippen molar-refractivity contribution >= 4 is 33.3 Å². The molecule has 2 aromatic heterocycles. The van der Waals surface area contributed by atoms with Gasteiger partial charge in [0, 0.05) is 18.5 Å². The molecule has 0 radical (unpaired) electrons. The fraction of sp³-hybridized carbons (Fsp3) is 0.545. The topological polar surface area (TPSA) is 84.1 Å². The number of anilines is 1. The number of likely N-dealkylation sites (tertiary alicyclic amines) is 1. The first kappa shape index (κ1) is 25.0. The maximum Gasteiger partial charge on any atom is 0.223 e. The second-order valence-corrected chi connectivity index (χ2v) is 14.1. The number of carbonyl (C=O) groups is 1. The Balaban J connectivity index is 0.950. The zero-order valence-corrected chi connectivity index (χ0v) is 23.9. The number of primary amides is 1. The largest absolute Gasteiger partial charge is 0.369 e. The van der Waals surface area contributed by atoms with Gasteiger partial charge in [-0.2, -0.15) is 0 Å². The van der Waals surface area contributed by atoms with Crippen molar-refractivity contribution in [2.24, 2.45) is 35.3 Å². The average Bonchev–Trinajstić information content (AvgIpc) is 3.80. The number of allylic oxidation sites excluding steroid dienone is 1. The third-order valence-electron chi connectivity index (χ3n) is 11.0. The van der Waals surface area contributed by atoms with E-state index in [-0.39, 0.29) is 23.8 Å². The maximum atomic E-state index is 12.3. The molecule has 0 spiro atoms. The lowest BCUT2D eigenvalue weighted by Crippen LogP contribution is -2.43. The van der Waals surface area contributed by atoms with Crippen LogP contribution in [0, 0.1) is 29.6 Å². The molecule has 4 aliphatic carbocycles. The molecule has 1 aliphatic heterocycles. The molecule has 40 heavy (non-hydrogen) atoms. The van der Waals surface area contributed by atoms with Gasteiger partial charge in [-0.3, -0.25) is 4.79 Å². The predicted octanol–water partition coefficient (Wildman–Crippen LogP) is 5.74. The van der Waals surface area contributed by atoms with Gasteiger partial charge in [-0.15, -0.1) is 11.3 Å². The Morgan fingerprint density at radius 1 is 0.975 bits per heavy atom. The summed E-state index contributed by atoms with van der Waals surface area (Å²) in [6, 6.07) is 12.2. The van der Waals surface area contributed by atoms with Gasteiger partial charge in [0.15, 0.2) is 0 Å². The first-order valence-electron chi connectivity index (χ1n) is 15.4. The van der Waals surface area contributed by atoms with E-state index in [1.165, 1.54) is 62.7 Å². The number of hydrogen-bond donors (Lipinski definition) is 2. The van der Waals surface area contributed by atoms with Crippen LogP contribution in [0.25, 0.3) is 10.2 Å². The average molecular weight is 554 g/mol. The summed E-state index contributed by atoms with van der Waals surface area (Å²) in [5, 5.41) is 5.71. The van der Waals surface area contributed by atoms with Crippen LogP contribution in [0.3, 0.4) is 0 Å². The summed E-state index contributed by atoms with van der Waals surface area (Å²) in [6.45, 7) is 2.53. The highest BCUT2D eigenvalue weighted by Gasteiger charge is 2.48. The summed E-state index contributed by atoms with van der Waals surface area (Å²) in [7, 11) is 0. The quantitative estimate of drug-likeness (QED) is 0.365. The molecule has 4 bridgehead atoms. The number of carbonyl (C=O) groups excluding carboxylic acids is 1. The van der Waals surface area contributed by atoms with Crippen molar-refractivity contribution in [2.45, 2.75) is 69.4 Å². The van der Waals surface area contributed by atoms with Gasteiger partial charge in [0.2, 0.25) is 5.91 Å². The van der Waals surface area contributed by atoms with Crippen LogP contribution >= 0.6 is 11.3 Å². The van der Waals surface area contributed by atoms with E-state index in [4.69, 9.17) is 15.7 Å². The van der Waals surface area contributed by atoms with Gasteiger partial charge in [0.05, 0.1) is 16.1 Å². The minimum absolute atomic E-state index is 0.00457. The van der Waals surface area contributed by atoms with Crippen LogP contribution in [0.4, 0.5) is 5.82 Å². The lowest BCUT2D eigenvalue weighted by molar-refractivity contribution is -0.122. The van der Waals surface area contributed by atoms with Crippen molar-refractivity contribution in [1.29, 1.82) is 0 Å². The van der Waals surface area contributed by atoms with E-state index < -0.39 is 0 Å². The van der Waals surface area contributed by atoms with Gasteiger partial charge in [-0.1, -0.05) is 42.8 Å². The molecule has 8 rings (SSSR count). The van der Waals surface area contributed by atoms with Crippen LogP contribution in [0.15, 0.2) is 47.9 Å². The van der Waals surface area contributed by atoms with Crippen molar-refractivity contribution in [2.75, 3.05) is 18.4 Å². The van der Waals surface area contributed by atoms with Crippen molar-refractivity contribution in [3.8, 4) is 0 Å². The number of amides is 1. The third-order valence-corrected chi connectivity index (χ3v) is 11.9. The molecule has 1 amide bonds. The highest BCUT2D eigenvalue weighted by molar-refractivity contribution is 7.17. The van der Waals surface area contributed by atoms with Crippen LogP contribution < -0.4 is 11.1 Å². The van der Waals surface area contributed by atoms with E-state index in [9.17, 15) is 4.79 Å². The van der Waals surface area contributed by atoms with E-state index >= 15 is 0 Å². The highest BCUT2D eigenvalue weighted by Crippen LogP contribution is 2.48. The van der Waals surface area contributed by atoms with Crippen molar-refractivity contribution in [3.63, 3.8) is 0 Å². The zero-order valence-electron chi connectivity index (χ0n) is 23.0. The standard InChI is InChI=1S/C33H39N5OS/c34-32(39)29-24-7-8-25(18-24)30(29)37-33-31-26(11-14-40-31)35-28(36-33)17-19-1-4-21(5-2-19)22-9-12-38(13-10-22)27-16-20-3-6-23(27)15-20/h1-2,4-5,7-8,11,14,20,22-25,27,29-30H,3,6,9-10,12-13,15-18H2,(H2,34,39)(H,35,36,37). The molecule has 6 nitrogen and oxygen atoms in total. The fourth-order valence-electron chi connectivity index (χ4n) is 8.97. The Labute approximate surface area is 240 Å². The molecular weight excluding hydrogens is 514 g/mol. The number of rotatable bonds is 7. The highest BCUT2D eigenvalue weighted by atomic mass is 32.1. The van der Waals surface area contributed by atoms with E-state index in [1.807, 2.05) is 0 Å². The number of benzene rings is 1. The number of hydrogen-bond acceptors (Lipinski definition) is 6. The Bertz CT molecular complexity index is 1440. The van der Waals surface area contributed by atoms with Gasteiger partial charge < -0.3 is 16.0 Å². The van der Waals surface area contributed by atoms with Crippen molar-refractivity contribution < 1.29 is 4.79 Å². The number of thiophene rings is 1. The van der Waals surface area contributed by atoms with Gasteiger partial charge in [-0.05, 0) is 104 Å². The molecular formula is C33H39N5OS. The minimum atomic E-state index is -0.220. The Kier molecular flexibility index (Phi) is 6.21. The number of nitrogens with zero attached hydrogens (tertiary/aromatic N) is 3. The molecule has 7 heteroatoms. The number of piperidine rings is 1. The minimum Gasteiger partial charge on any atom is -0.369 e. The molecule has 3 heterocycles. The van der Waals surface area contributed by atoms with Gasteiger partial charge in [0.1, 0.15) is 11.6 Å². The van der Waals surface area contributed by atoms with Gasteiger partial charge >= 0.3 is 0 Å². The number of nitrogens with two attached hydrogens (primary N) is 1. The maximum absolute atomic E-state index is 12.3. The Hall–Kier alpha value is -2.77. The van der Waals surface area contributed by atoms with Gasteiger partial charge in [0.25, 0.3) is 0 Å². The second kappa shape index (κ2) is 9.95. The van der Waals surface area contributed by atoms with E-state index in [0.717, 1.165) is 46.2 Å². The third kappa shape index (κ3) is 4.37. The second-order valence-electron chi connectivity index (χ2n) is 13.1. The zero-order chi connectivity index (χ0) is 26.8. The summed E-state index contributed by atoms with van der Waals surface area (Å²) in [4.78, 5) is 25.0. The van der Waals surface area contributed by atoms with Crippen LogP contribution in [-0.2, 0) is 11.2 Å². The van der Waals surface area contributed by atoms with E-state index in [1.54, 1.807) is 11.3 Å². The Morgan fingerprint density at radius 3 is 2.55 bits per heavy atom. The molecule has 208 valence electrons. The summed E-state index contributed by atoms with van der Waals surface area (Å²) in [6.07, 6.45) is 14.6. The van der Waals surface area contributed by atoms with Crippen molar-refractivity contribution in [3.05, 3.63) is 64.8 Å². The monoisotopic (exact) mass is 553 g/mol. The lowest BCUT2D eigenvalue weighted by atomic mass is 9.86. The van der Waals surface area contributed by atoms with Crippen LogP contribution in [0.1, 0.15) is 67.8 Å². The first-order chi connectivity index (χ1) is 19.6. The SMILES string of the molecule is NC(=O)C1C2C=CC(C2)C1Nc1nc(Cc2ccc(C3CCN(C4CC5CCC4C5)CC3)cc2)nc2ccsc12. The van der Waals surface area contributed by atoms with E-state index in [2.05, 4.69) is 58.1 Å². The molecule has 5 aliphatic rings. The summed E-state index contributed by atoms with van der Waals surface area (Å²) in [5.74, 6) is 4.50. The lowest BCUT2D eigenvalue weighted by Gasteiger charge is -2.39. The molecule has 3 aromatic rings. The molecule has 3 N–H and O–H groups in total. The van der Waals surface area contributed by atoms with Crippen LogP contribution in [0.2, 0.25) is 0 Å². The summed E-state index contributed by atoms with van der Waals surface area (Å²) >= 11 is 1.65. The van der Waals surface area contributed by atoms with Crippen LogP contribution in [0.5, 0.6) is 0 Å². The smallest absolute Gasteiger partial charge is 0.223 e. The van der Waals surface area contributed by atoms with Crippen molar-refractivity contribution in [1.82, 2.24) is 14.9 Å². The molecule has 7 unspecified atom stereocenters.